The largest absolute Gasteiger partial charge is 0.416 e. The number of hydrogen-bond donors (Lipinski definition) is 2. The first-order valence-electron chi connectivity index (χ1n) is 12.8. The molecule has 1 unspecified atom stereocenters. The maximum Gasteiger partial charge on any atom is 0.416 e. The summed E-state index contributed by atoms with van der Waals surface area (Å²) in [4.78, 5) is 34.3. The van der Waals surface area contributed by atoms with Gasteiger partial charge >= 0.3 is 12.4 Å². The van der Waals surface area contributed by atoms with Gasteiger partial charge in [-0.3, -0.25) is 14.6 Å². The van der Waals surface area contributed by atoms with Crippen LogP contribution in [0.5, 0.6) is 0 Å². The van der Waals surface area contributed by atoms with Gasteiger partial charge in [-0.05, 0) is 65.9 Å². The Labute approximate surface area is 235 Å². The number of nitrogens with zero attached hydrogens (tertiary/aromatic N) is 2. The third-order valence-electron chi connectivity index (χ3n) is 6.94. The van der Waals surface area contributed by atoms with Crippen molar-refractivity contribution in [2.45, 2.75) is 37.2 Å². The van der Waals surface area contributed by atoms with Gasteiger partial charge in [-0.1, -0.05) is 36.4 Å². The van der Waals surface area contributed by atoms with Crippen LogP contribution in [0.4, 0.5) is 32.0 Å². The third-order valence-corrected chi connectivity index (χ3v) is 6.94. The zero-order valence-electron chi connectivity index (χ0n) is 21.6. The zero-order chi connectivity index (χ0) is 30.1. The lowest BCUT2D eigenvalue weighted by molar-refractivity contribution is -0.143. The number of hydrogen-bond acceptors (Lipinski definition) is 4. The molecule has 0 saturated heterocycles. The van der Waals surface area contributed by atoms with Crippen LogP contribution in [-0.2, 0) is 18.8 Å². The fourth-order valence-corrected chi connectivity index (χ4v) is 5.04. The Balaban J connectivity index is 1.37. The smallest absolute Gasteiger partial charge is 0.347 e. The van der Waals surface area contributed by atoms with Gasteiger partial charge < -0.3 is 10.6 Å². The highest BCUT2D eigenvalue weighted by molar-refractivity contribution is 6.04. The first kappa shape index (κ1) is 28.8. The number of carbonyl (C=O) groups excluding carboxylic acids is 2. The van der Waals surface area contributed by atoms with Gasteiger partial charge in [0.15, 0.2) is 0 Å². The van der Waals surface area contributed by atoms with Gasteiger partial charge in [0.25, 0.3) is 11.8 Å². The summed E-state index contributed by atoms with van der Waals surface area (Å²) in [6.07, 6.45) is -5.46. The molecule has 5 rings (SSSR count). The molecule has 0 spiro atoms. The van der Waals surface area contributed by atoms with Crippen molar-refractivity contribution >= 4 is 17.5 Å². The fourth-order valence-electron chi connectivity index (χ4n) is 5.04. The number of aromatic nitrogens is 2. The van der Waals surface area contributed by atoms with E-state index in [1.807, 2.05) is 35.6 Å². The fraction of sp³-hybridized carbons (Fsp3) is 0.200. The summed E-state index contributed by atoms with van der Waals surface area (Å²) in [5.74, 6) is -1.89. The van der Waals surface area contributed by atoms with Crippen molar-refractivity contribution < 1.29 is 35.9 Å². The number of carbonyl (C=O) groups is 2. The first-order chi connectivity index (χ1) is 19.9. The van der Waals surface area contributed by atoms with Crippen LogP contribution >= 0.6 is 0 Å². The van der Waals surface area contributed by atoms with Gasteiger partial charge in [-0.15, -0.1) is 0 Å². The van der Waals surface area contributed by atoms with Gasteiger partial charge in [-0.2, -0.15) is 26.3 Å². The molecule has 1 aliphatic rings. The molecule has 4 aromatic rings. The molecule has 12 heteroatoms. The molecule has 0 fully saturated rings. The van der Waals surface area contributed by atoms with Crippen LogP contribution in [0, 0.1) is 0 Å². The number of alkyl halides is 6. The average Bonchev–Trinajstić information content (AvgIpc) is 2.96. The summed E-state index contributed by atoms with van der Waals surface area (Å²) in [6.45, 7) is 0. The predicted molar refractivity (Wildman–Crippen MR) is 141 cm³/mol. The molecule has 42 heavy (non-hydrogen) atoms. The molecule has 0 aliphatic heterocycles. The SMILES string of the molecule is O=C(Nc1cc(C(F)(F)F)cc(C(F)(F)F)c1)c1cccc(C(=O)N[C@H]2CCc3ccccc3C2c2cccnc2)n1. The monoisotopic (exact) mass is 584 g/mol. The van der Waals surface area contributed by atoms with Gasteiger partial charge in [0, 0.05) is 30.0 Å². The maximum absolute atomic E-state index is 13.3. The normalized spacial score (nSPS) is 16.8. The second-order valence-electron chi connectivity index (χ2n) is 9.74. The number of rotatable bonds is 5. The lowest BCUT2D eigenvalue weighted by Gasteiger charge is -2.34. The van der Waals surface area contributed by atoms with E-state index in [2.05, 4.69) is 15.3 Å². The number of pyridine rings is 2. The summed E-state index contributed by atoms with van der Waals surface area (Å²) in [7, 11) is 0. The van der Waals surface area contributed by atoms with E-state index in [4.69, 9.17) is 0 Å². The average molecular weight is 585 g/mol. The van der Waals surface area contributed by atoms with E-state index in [-0.39, 0.29) is 29.4 Å². The molecule has 2 N–H and O–H groups in total. The molecular formula is C30H22F6N4O2. The summed E-state index contributed by atoms with van der Waals surface area (Å²) in [5.41, 5.74) is -1.30. The Kier molecular flexibility index (Phi) is 7.72. The van der Waals surface area contributed by atoms with Crippen LogP contribution in [-0.4, -0.2) is 27.8 Å². The standard InChI is InChI=1S/C30H22F6N4O2/c31-29(32,33)19-13-20(30(34,35)36)15-21(14-19)38-27(41)24-8-3-9-25(39-24)28(42)40-23-11-10-17-5-1-2-7-22(17)26(23)18-6-4-12-37-16-18/h1-9,12-16,23,26H,10-11H2,(H,38,41)(H,40,42)/t23-,26?/m0/s1. The van der Waals surface area contributed by atoms with Crippen LogP contribution in [0.15, 0.2) is 85.2 Å². The van der Waals surface area contributed by atoms with Crippen molar-refractivity contribution in [3.8, 4) is 0 Å². The van der Waals surface area contributed by atoms with Crippen LogP contribution in [0.2, 0.25) is 0 Å². The minimum Gasteiger partial charge on any atom is -0.347 e. The predicted octanol–water partition coefficient (Wildman–Crippen LogP) is 6.64. The lowest BCUT2D eigenvalue weighted by Crippen LogP contribution is -2.42. The highest BCUT2D eigenvalue weighted by Crippen LogP contribution is 2.38. The van der Waals surface area contributed by atoms with E-state index >= 15 is 0 Å². The molecule has 2 aromatic heterocycles. The van der Waals surface area contributed by atoms with Crippen molar-refractivity contribution in [2.24, 2.45) is 0 Å². The molecule has 2 heterocycles. The number of aryl methyl sites for hydroxylation is 1. The second-order valence-corrected chi connectivity index (χ2v) is 9.74. The molecule has 0 saturated carbocycles. The van der Waals surface area contributed by atoms with E-state index in [0.717, 1.165) is 16.7 Å². The Morgan fingerprint density at radius 3 is 2.10 bits per heavy atom. The van der Waals surface area contributed by atoms with E-state index in [1.54, 1.807) is 18.5 Å². The minimum absolute atomic E-state index is 0.0404. The van der Waals surface area contributed by atoms with Crippen molar-refractivity contribution in [1.29, 1.82) is 0 Å². The van der Waals surface area contributed by atoms with Gasteiger partial charge in [0.05, 0.1) is 11.1 Å². The molecule has 2 atom stereocenters. The molecule has 0 radical (unpaired) electrons. The van der Waals surface area contributed by atoms with Crippen LogP contribution in [0.1, 0.15) is 61.1 Å². The van der Waals surface area contributed by atoms with Crippen molar-refractivity contribution in [1.82, 2.24) is 15.3 Å². The lowest BCUT2D eigenvalue weighted by atomic mass is 9.76. The molecule has 216 valence electrons. The molecule has 2 amide bonds. The van der Waals surface area contributed by atoms with Crippen molar-refractivity contribution in [3.05, 3.63) is 124 Å². The van der Waals surface area contributed by atoms with E-state index in [0.29, 0.717) is 25.0 Å². The third kappa shape index (κ3) is 6.27. The molecule has 6 nitrogen and oxygen atoms in total. The van der Waals surface area contributed by atoms with Crippen molar-refractivity contribution in [2.75, 3.05) is 5.32 Å². The van der Waals surface area contributed by atoms with Crippen LogP contribution < -0.4 is 10.6 Å². The summed E-state index contributed by atoms with van der Waals surface area (Å²) >= 11 is 0. The van der Waals surface area contributed by atoms with Crippen molar-refractivity contribution in [3.63, 3.8) is 0 Å². The molecular weight excluding hydrogens is 562 g/mol. The number of amides is 2. The first-order valence-corrected chi connectivity index (χ1v) is 12.8. The molecule has 2 aromatic carbocycles. The maximum atomic E-state index is 13.3. The summed E-state index contributed by atoms with van der Waals surface area (Å²) in [5, 5.41) is 5.01. The number of anilines is 1. The Morgan fingerprint density at radius 2 is 1.45 bits per heavy atom. The topological polar surface area (TPSA) is 84.0 Å². The second kappa shape index (κ2) is 11.3. The van der Waals surface area contributed by atoms with E-state index < -0.39 is 41.0 Å². The molecule has 1 aliphatic carbocycles. The highest BCUT2D eigenvalue weighted by Gasteiger charge is 2.37. The number of halogens is 6. The Hall–Kier alpha value is -4.74. The minimum atomic E-state index is -5.08. The van der Waals surface area contributed by atoms with E-state index in [9.17, 15) is 35.9 Å². The Bertz CT molecular complexity index is 1590. The summed E-state index contributed by atoms with van der Waals surface area (Å²) in [6, 6.07) is 15.9. The highest BCUT2D eigenvalue weighted by atomic mass is 19.4. The Morgan fingerprint density at radius 1 is 0.786 bits per heavy atom. The summed E-state index contributed by atoms with van der Waals surface area (Å²) < 4.78 is 79.3. The zero-order valence-corrected chi connectivity index (χ0v) is 21.6. The van der Waals surface area contributed by atoms with Gasteiger partial charge in [-0.25, -0.2) is 4.98 Å². The van der Waals surface area contributed by atoms with Crippen LogP contribution in [0.3, 0.4) is 0 Å². The number of benzene rings is 2. The van der Waals surface area contributed by atoms with Gasteiger partial charge in [0.2, 0.25) is 0 Å². The number of nitrogens with one attached hydrogen (secondary N) is 2. The van der Waals surface area contributed by atoms with E-state index in [1.165, 1.54) is 18.2 Å². The number of fused-ring (bicyclic) bond motifs is 1. The van der Waals surface area contributed by atoms with Gasteiger partial charge in [0.1, 0.15) is 11.4 Å². The molecule has 0 bridgehead atoms. The van der Waals surface area contributed by atoms with Crippen LogP contribution in [0.25, 0.3) is 0 Å². The quantitative estimate of drug-likeness (QED) is 0.258.